The lowest BCUT2D eigenvalue weighted by Gasteiger charge is -2.22. The summed E-state index contributed by atoms with van der Waals surface area (Å²) in [5.41, 5.74) is 1.66. The number of rotatable bonds is 4. The van der Waals surface area contributed by atoms with Crippen LogP contribution in [0.4, 0.5) is 10.1 Å². The van der Waals surface area contributed by atoms with Gasteiger partial charge in [-0.15, -0.1) is 0 Å². The Morgan fingerprint density at radius 2 is 1.96 bits per heavy atom. The van der Waals surface area contributed by atoms with Crippen LogP contribution in [-0.2, 0) is 4.79 Å². The van der Waals surface area contributed by atoms with Crippen molar-refractivity contribution < 1.29 is 23.6 Å². The molecule has 142 valence electrons. The molecule has 0 aromatic heterocycles. The number of carbonyl (C=O) groups excluding carboxylic acids is 1. The second-order valence-corrected chi connectivity index (χ2v) is 7.10. The lowest BCUT2D eigenvalue weighted by Crippen LogP contribution is -3.11. The largest absolute Gasteiger partial charge is 0.490 e. The number of halogens is 1. The van der Waals surface area contributed by atoms with E-state index in [2.05, 4.69) is 17.4 Å². The zero-order chi connectivity index (χ0) is 18.6. The summed E-state index contributed by atoms with van der Waals surface area (Å²) >= 11 is 0. The van der Waals surface area contributed by atoms with Crippen LogP contribution < -0.4 is 19.7 Å². The number of nitrogens with one attached hydrogen (secondary N) is 2. The van der Waals surface area contributed by atoms with Crippen molar-refractivity contribution in [2.24, 2.45) is 0 Å². The highest BCUT2D eigenvalue weighted by atomic mass is 19.1. The highest BCUT2D eigenvalue weighted by Gasteiger charge is 2.32. The van der Waals surface area contributed by atoms with Gasteiger partial charge in [-0.05, 0) is 36.4 Å². The number of likely N-dealkylation sites (tertiary alicyclic amines) is 1. The highest BCUT2D eigenvalue weighted by Crippen LogP contribution is 2.33. The Bertz CT molecular complexity index is 827. The lowest BCUT2D eigenvalue weighted by atomic mass is 10.0. The molecule has 27 heavy (non-hydrogen) atoms. The minimum Gasteiger partial charge on any atom is -0.490 e. The molecule has 5 nitrogen and oxygen atoms in total. The first kappa shape index (κ1) is 17.8. The Balaban J connectivity index is 1.44. The van der Waals surface area contributed by atoms with Crippen molar-refractivity contribution in [1.82, 2.24) is 0 Å². The Morgan fingerprint density at radius 3 is 2.81 bits per heavy atom. The molecule has 2 atom stereocenters. The fourth-order valence-electron chi connectivity index (χ4n) is 3.90. The molecule has 6 heteroatoms. The van der Waals surface area contributed by atoms with E-state index in [9.17, 15) is 9.18 Å². The van der Waals surface area contributed by atoms with Gasteiger partial charge in [0.1, 0.15) is 11.9 Å². The third-order valence-corrected chi connectivity index (χ3v) is 5.15. The quantitative estimate of drug-likeness (QED) is 0.868. The van der Waals surface area contributed by atoms with Gasteiger partial charge in [-0.3, -0.25) is 4.79 Å². The number of carbonyl (C=O) groups is 1. The number of hydrogen-bond donors (Lipinski definition) is 2. The molecule has 4 rings (SSSR count). The van der Waals surface area contributed by atoms with E-state index < -0.39 is 0 Å². The van der Waals surface area contributed by atoms with Gasteiger partial charge in [-0.2, -0.15) is 0 Å². The maximum atomic E-state index is 13.3. The lowest BCUT2D eigenvalue weighted by molar-refractivity contribution is -0.910. The molecule has 0 saturated carbocycles. The molecule has 0 radical (unpaired) electrons. The molecule has 1 amide bonds. The van der Waals surface area contributed by atoms with Gasteiger partial charge in [-0.1, -0.05) is 6.07 Å². The normalized spacial score (nSPS) is 21.5. The van der Waals surface area contributed by atoms with Crippen molar-refractivity contribution in [1.29, 1.82) is 0 Å². The summed E-state index contributed by atoms with van der Waals surface area (Å²) in [6, 6.07) is 12.3. The average Bonchev–Trinajstić information content (AvgIpc) is 2.97. The SMILES string of the molecule is O=C(C[NH+]1CCC[C@@H]1c1ccc2c(c1)OCCCO2)Nc1cccc(F)c1. The van der Waals surface area contributed by atoms with Gasteiger partial charge in [0.25, 0.3) is 5.91 Å². The third kappa shape index (κ3) is 4.22. The Morgan fingerprint density at radius 1 is 1.11 bits per heavy atom. The van der Waals surface area contributed by atoms with Crippen LogP contribution in [0.5, 0.6) is 11.5 Å². The molecular weight excluding hydrogens is 347 g/mol. The fraction of sp³-hybridized carbons (Fsp3) is 0.381. The Labute approximate surface area is 158 Å². The molecule has 0 aliphatic carbocycles. The van der Waals surface area contributed by atoms with Crippen LogP contribution in [0.2, 0.25) is 0 Å². The van der Waals surface area contributed by atoms with E-state index in [0.29, 0.717) is 25.4 Å². The molecule has 2 aliphatic rings. The first-order valence-electron chi connectivity index (χ1n) is 9.48. The predicted molar refractivity (Wildman–Crippen MR) is 99.8 cm³/mol. The van der Waals surface area contributed by atoms with E-state index in [1.807, 2.05) is 6.07 Å². The second-order valence-electron chi connectivity index (χ2n) is 7.10. The summed E-state index contributed by atoms with van der Waals surface area (Å²) in [4.78, 5) is 13.7. The summed E-state index contributed by atoms with van der Waals surface area (Å²) in [6.07, 6.45) is 2.98. The van der Waals surface area contributed by atoms with E-state index in [-0.39, 0.29) is 17.8 Å². The zero-order valence-corrected chi connectivity index (χ0v) is 15.2. The van der Waals surface area contributed by atoms with Crippen molar-refractivity contribution in [2.75, 3.05) is 31.6 Å². The molecule has 0 bridgehead atoms. The van der Waals surface area contributed by atoms with Gasteiger partial charge in [-0.25, -0.2) is 4.39 Å². The van der Waals surface area contributed by atoms with Crippen LogP contribution in [0.15, 0.2) is 42.5 Å². The van der Waals surface area contributed by atoms with Gasteiger partial charge in [0, 0.05) is 30.5 Å². The predicted octanol–water partition coefficient (Wildman–Crippen LogP) is 2.35. The van der Waals surface area contributed by atoms with Crippen molar-refractivity contribution >= 4 is 11.6 Å². The number of quaternary nitrogens is 1. The zero-order valence-electron chi connectivity index (χ0n) is 15.2. The number of benzene rings is 2. The monoisotopic (exact) mass is 371 g/mol. The van der Waals surface area contributed by atoms with E-state index in [1.165, 1.54) is 22.6 Å². The summed E-state index contributed by atoms with van der Waals surface area (Å²) in [7, 11) is 0. The Hall–Kier alpha value is -2.60. The highest BCUT2D eigenvalue weighted by molar-refractivity contribution is 5.91. The van der Waals surface area contributed by atoms with Gasteiger partial charge in [0.05, 0.1) is 19.8 Å². The van der Waals surface area contributed by atoms with Crippen molar-refractivity contribution in [3.05, 3.63) is 53.8 Å². The van der Waals surface area contributed by atoms with Gasteiger partial charge >= 0.3 is 0 Å². The molecule has 0 spiro atoms. The summed E-state index contributed by atoms with van der Waals surface area (Å²) < 4.78 is 24.8. The molecule has 1 saturated heterocycles. The Kier molecular flexibility index (Phi) is 5.25. The fourth-order valence-corrected chi connectivity index (χ4v) is 3.90. The average molecular weight is 371 g/mol. The topological polar surface area (TPSA) is 52.0 Å². The summed E-state index contributed by atoms with van der Waals surface area (Å²) in [6.45, 7) is 2.63. The van der Waals surface area contributed by atoms with Crippen LogP contribution >= 0.6 is 0 Å². The maximum Gasteiger partial charge on any atom is 0.279 e. The van der Waals surface area contributed by atoms with E-state index in [1.54, 1.807) is 12.1 Å². The molecule has 1 unspecified atom stereocenters. The maximum absolute atomic E-state index is 13.3. The van der Waals surface area contributed by atoms with Crippen LogP contribution in [0.25, 0.3) is 0 Å². The minimum absolute atomic E-state index is 0.100. The number of fused-ring (bicyclic) bond motifs is 1. The summed E-state index contributed by atoms with van der Waals surface area (Å²) in [5.74, 6) is 1.13. The van der Waals surface area contributed by atoms with Crippen molar-refractivity contribution in [3.63, 3.8) is 0 Å². The van der Waals surface area contributed by atoms with Gasteiger partial charge in [0.2, 0.25) is 0 Å². The van der Waals surface area contributed by atoms with Crippen LogP contribution in [0.3, 0.4) is 0 Å². The standard InChI is InChI=1S/C21H23FN2O3/c22-16-4-1-5-17(13-16)23-21(25)14-24-9-2-6-18(24)15-7-8-19-20(12-15)27-11-3-10-26-19/h1,4-5,7-8,12-13,18H,2-3,6,9-11,14H2,(H,23,25)/p+1/t18-/m1/s1. The molecule has 2 aromatic carbocycles. The second kappa shape index (κ2) is 7.96. The van der Waals surface area contributed by atoms with Crippen molar-refractivity contribution in [2.45, 2.75) is 25.3 Å². The molecule has 2 N–H and O–H groups in total. The van der Waals surface area contributed by atoms with Crippen molar-refractivity contribution in [3.8, 4) is 11.5 Å². The first-order chi connectivity index (χ1) is 13.2. The van der Waals surface area contributed by atoms with Crippen LogP contribution in [0, 0.1) is 5.82 Å². The van der Waals surface area contributed by atoms with E-state index in [4.69, 9.17) is 9.47 Å². The molecule has 2 aliphatic heterocycles. The van der Waals surface area contributed by atoms with Gasteiger partial charge < -0.3 is 19.7 Å². The smallest absolute Gasteiger partial charge is 0.279 e. The number of amides is 1. The third-order valence-electron chi connectivity index (χ3n) is 5.15. The molecule has 2 heterocycles. The summed E-state index contributed by atoms with van der Waals surface area (Å²) in [5, 5.41) is 2.80. The van der Waals surface area contributed by atoms with E-state index >= 15 is 0 Å². The van der Waals surface area contributed by atoms with Gasteiger partial charge in [0.15, 0.2) is 18.0 Å². The van der Waals surface area contributed by atoms with E-state index in [0.717, 1.165) is 37.3 Å². The minimum atomic E-state index is -0.355. The molecule has 2 aromatic rings. The number of ether oxygens (including phenoxy) is 2. The molecule has 1 fully saturated rings. The number of anilines is 1. The number of hydrogen-bond acceptors (Lipinski definition) is 3. The van der Waals surface area contributed by atoms with Crippen LogP contribution in [-0.4, -0.2) is 32.2 Å². The van der Waals surface area contributed by atoms with Crippen LogP contribution in [0.1, 0.15) is 30.9 Å². The first-order valence-corrected chi connectivity index (χ1v) is 9.48. The molecular formula is C21H24FN2O3+.